The molecule has 0 saturated carbocycles. The normalized spacial score (nSPS) is 11.4. The maximum atomic E-state index is 4.00. The summed E-state index contributed by atoms with van der Waals surface area (Å²) in [4.78, 5) is 0. The highest BCUT2D eigenvalue weighted by atomic mass is 14.9. The second-order valence-corrected chi connectivity index (χ2v) is 10.1. The Bertz CT molecular complexity index is 1150. The molecule has 1 heteroatoms. The van der Waals surface area contributed by atoms with Gasteiger partial charge >= 0.3 is 0 Å². The topological polar surface area (TPSA) is 12.0 Å². The lowest BCUT2D eigenvalue weighted by Gasteiger charge is -2.26. The van der Waals surface area contributed by atoms with Gasteiger partial charge in [0.25, 0.3) is 0 Å². The van der Waals surface area contributed by atoms with Gasteiger partial charge in [0.15, 0.2) is 0 Å². The van der Waals surface area contributed by atoms with E-state index in [0.29, 0.717) is 17.8 Å². The van der Waals surface area contributed by atoms with E-state index in [1.54, 1.807) is 0 Å². The van der Waals surface area contributed by atoms with Crippen LogP contribution in [0.3, 0.4) is 0 Å². The number of rotatable bonds is 7. The van der Waals surface area contributed by atoms with Gasteiger partial charge in [-0.2, -0.15) is 0 Å². The van der Waals surface area contributed by atoms with Crippen molar-refractivity contribution in [1.29, 1.82) is 0 Å². The summed E-state index contributed by atoms with van der Waals surface area (Å²) in [6, 6.07) is 32.9. The van der Waals surface area contributed by atoms with Crippen LogP contribution < -0.4 is 5.32 Å². The van der Waals surface area contributed by atoms with Gasteiger partial charge in [0, 0.05) is 16.8 Å². The zero-order chi connectivity index (χ0) is 24.2. The molecule has 4 rings (SSSR count). The molecule has 0 fully saturated rings. The molecule has 0 heterocycles. The summed E-state index contributed by atoms with van der Waals surface area (Å²) in [7, 11) is 0. The molecular weight excluding hydrogens is 410 g/mol. The lowest BCUT2D eigenvalue weighted by Crippen LogP contribution is -2.07. The van der Waals surface area contributed by atoms with E-state index in [1.807, 2.05) is 0 Å². The molecule has 0 aliphatic heterocycles. The third kappa shape index (κ3) is 4.94. The zero-order valence-corrected chi connectivity index (χ0v) is 21.4. The minimum absolute atomic E-state index is 0.419. The minimum atomic E-state index is 0.419. The van der Waals surface area contributed by atoms with E-state index in [4.69, 9.17) is 0 Å². The molecule has 0 aromatic heterocycles. The first-order valence-corrected chi connectivity index (χ1v) is 12.6. The molecule has 0 saturated heterocycles. The maximum absolute atomic E-state index is 4.00. The Balaban J connectivity index is 1.99. The third-order valence-electron chi connectivity index (χ3n) is 6.62. The summed E-state index contributed by atoms with van der Waals surface area (Å²) in [6.45, 7) is 13.8. The SMILES string of the molecule is CC(C)c1cc(C(C)C)c(Nc2c(-c3ccccc3)cccc2-c2ccccc2)c(C(C)C)c1. The Morgan fingerprint density at radius 2 is 0.912 bits per heavy atom. The van der Waals surface area contributed by atoms with Crippen molar-refractivity contribution in [3.63, 3.8) is 0 Å². The van der Waals surface area contributed by atoms with Crippen LogP contribution in [0.1, 0.15) is 76.0 Å². The van der Waals surface area contributed by atoms with Crippen LogP contribution in [0.25, 0.3) is 22.3 Å². The van der Waals surface area contributed by atoms with E-state index in [2.05, 4.69) is 138 Å². The number of benzene rings is 4. The van der Waals surface area contributed by atoms with Gasteiger partial charge in [0.05, 0.1) is 5.69 Å². The summed E-state index contributed by atoms with van der Waals surface area (Å²) in [6.07, 6.45) is 0. The Morgan fingerprint density at radius 3 is 1.29 bits per heavy atom. The molecule has 0 atom stereocenters. The van der Waals surface area contributed by atoms with Crippen molar-refractivity contribution in [3.8, 4) is 22.3 Å². The second-order valence-electron chi connectivity index (χ2n) is 10.1. The van der Waals surface area contributed by atoms with E-state index < -0.39 is 0 Å². The lowest BCUT2D eigenvalue weighted by atomic mass is 9.86. The van der Waals surface area contributed by atoms with Crippen LogP contribution in [0, 0.1) is 0 Å². The highest BCUT2D eigenvalue weighted by Gasteiger charge is 2.20. The highest BCUT2D eigenvalue weighted by molar-refractivity contribution is 5.93. The van der Waals surface area contributed by atoms with Crippen LogP contribution in [0.2, 0.25) is 0 Å². The predicted molar refractivity (Wildman–Crippen MR) is 149 cm³/mol. The van der Waals surface area contributed by atoms with E-state index in [1.165, 1.54) is 50.3 Å². The van der Waals surface area contributed by atoms with Gasteiger partial charge in [0.1, 0.15) is 0 Å². The molecule has 0 aliphatic carbocycles. The maximum Gasteiger partial charge on any atom is 0.0543 e. The fraction of sp³-hybridized carbons (Fsp3) is 0.273. The molecule has 0 radical (unpaired) electrons. The van der Waals surface area contributed by atoms with Crippen LogP contribution in [0.5, 0.6) is 0 Å². The van der Waals surface area contributed by atoms with E-state index >= 15 is 0 Å². The number of anilines is 2. The van der Waals surface area contributed by atoms with Crippen molar-refractivity contribution >= 4 is 11.4 Å². The molecule has 1 nitrogen and oxygen atoms in total. The molecule has 1 N–H and O–H groups in total. The molecule has 4 aromatic carbocycles. The number of hydrogen-bond acceptors (Lipinski definition) is 1. The van der Waals surface area contributed by atoms with Crippen molar-refractivity contribution in [2.75, 3.05) is 5.32 Å². The average molecular weight is 448 g/mol. The van der Waals surface area contributed by atoms with Gasteiger partial charge in [-0.15, -0.1) is 0 Å². The van der Waals surface area contributed by atoms with Gasteiger partial charge < -0.3 is 5.32 Å². The smallest absolute Gasteiger partial charge is 0.0543 e. The summed E-state index contributed by atoms with van der Waals surface area (Å²) < 4.78 is 0. The number of nitrogens with one attached hydrogen (secondary N) is 1. The van der Waals surface area contributed by atoms with Crippen LogP contribution in [-0.4, -0.2) is 0 Å². The first-order chi connectivity index (χ1) is 16.4. The third-order valence-corrected chi connectivity index (χ3v) is 6.62. The first-order valence-electron chi connectivity index (χ1n) is 12.6. The van der Waals surface area contributed by atoms with Gasteiger partial charge in [0.2, 0.25) is 0 Å². The van der Waals surface area contributed by atoms with Crippen molar-refractivity contribution < 1.29 is 0 Å². The standard InChI is InChI=1S/C33H37N/c1-22(2)27-20-30(23(3)4)33(31(21-27)24(5)6)34-32-28(25-14-9-7-10-15-25)18-13-19-29(32)26-16-11-8-12-17-26/h7-24,34H,1-6H3. The minimum Gasteiger partial charge on any atom is -0.354 e. The lowest BCUT2D eigenvalue weighted by molar-refractivity contribution is 0.808. The summed E-state index contributed by atoms with van der Waals surface area (Å²) in [5.74, 6) is 1.34. The predicted octanol–water partition coefficient (Wildman–Crippen LogP) is 10.1. The van der Waals surface area contributed by atoms with E-state index in [0.717, 1.165) is 0 Å². The van der Waals surface area contributed by atoms with Crippen molar-refractivity contribution in [1.82, 2.24) is 0 Å². The molecular formula is C33H37N. The summed E-state index contributed by atoms with van der Waals surface area (Å²) in [5, 5.41) is 4.00. The fourth-order valence-electron chi connectivity index (χ4n) is 4.63. The van der Waals surface area contributed by atoms with Crippen LogP contribution >= 0.6 is 0 Å². The van der Waals surface area contributed by atoms with E-state index in [-0.39, 0.29) is 0 Å². The quantitative estimate of drug-likeness (QED) is 0.297. The van der Waals surface area contributed by atoms with E-state index in [9.17, 15) is 0 Å². The molecule has 0 spiro atoms. The Hall–Kier alpha value is -3.32. The van der Waals surface area contributed by atoms with Crippen molar-refractivity contribution in [2.45, 2.75) is 59.3 Å². The first kappa shape index (κ1) is 23.8. The molecule has 0 aliphatic rings. The number of para-hydroxylation sites is 1. The molecule has 174 valence electrons. The molecule has 0 bridgehead atoms. The van der Waals surface area contributed by atoms with Crippen LogP contribution in [0.15, 0.2) is 91.0 Å². The van der Waals surface area contributed by atoms with Gasteiger partial charge in [-0.25, -0.2) is 0 Å². The Kier molecular flexibility index (Phi) is 7.22. The second kappa shape index (κ2) is 10.3. The zero-order valence-electron chi connectivity index (χ0n) is 21.4. The van der Waals surface area contributed by atoms with Crippen LogP contribution in [-0.2, 0) is 0 Å². The monoisotopic (exact) mass is 447 g/mol. The number of hydrogen-bond donors (Lipinski definition) is 1. The van der Waals surface area contributed by atoms with Gasteiger partial charge in [-0.1, -0.05) is 133 Å². The summed E-state index contributed by atoms with van der Waals surface area (Å²) in [5.41, 5.74) is 11.5. The van der Waals surface area contributed by atoms with Crippen LogP contribution in [0.4, 0.5) is 11.4 Å². The molecule has 0 amide bonds. The Labute approximate surface area is 205 Å². The highest BCUT2D eigenvalue weighted by Crippen LogP contribution is 2.43. The van der Waals surface area contributed by atoms with Crippen molar-refractivity contribution in [3.05, 3.63) is 108 Å². The summed E-state index contributed by atoms with van der Waals surface area (Å²) >= 11 is 0. The molecule has 0 unspecified atom stereocenters. The Morgan fingerprint density at radius 1 is 0.471 bits per heavy atom. The largest absolute Gasteiger partial charge is 0.354 e. The molecule has 34 heavy (non-hydrogen) atoms. The van der Waals surface area contributed by atoms with Gasteiger partial charge in [-0.3, -0.25) is 0 Å². The molecule has 4 aromatic rings. The average Bonchev–Trinajstić information content (AvgIpc) is 2.84. The fourth-order valence-corrected chi connectivity index (χ4v) is 4.63. The van der Waals surface area contributed by atoms with Crippen molar-refractivity contribution in [2.24, 2.45) is 0 Å². The van der Waals surface area contributed by atoms with Gasteiger partial charge in [-0.05, 0) is 45.6 Å².